The third-order valence-electron chi connectivity index (χ3n) is 6.81. The summed E-state index contributed by atoms with van der Waals surface area (Å²) < 4.78 is 14.9. The highest BCUT2D eigenvalue weighted by molar-refractivity contribution is 6.08. The van der Waals surface area contributed by atoms with Gasteiger partial charge in [0, 0.05) is 22.7 Å². The van der Waals surface area contributed by atoms with Crippen molar-refractivity contribution in [2.45, 2.75) is 31.3 Å². The molecule has 0 bridgehead atoms. The van der Waals surface area contributed by atoms with E-state index in [1.54, 1.807) is 30.3 Å². The maximum absolute atomic E-state index is 14.9. The van der Waals surface area contributed by atoms with Gasteiger partial charge in [-0.2, -0.15) is 5.10 Å². The molecule has 5 rings (SSSR count). The van der Waals surface area contributed by atoms with E-state index in [9.17, 15) is 14.0 Å². The van der Waals surface area contributed by atoms with E-state index in [-0.39, 0.29) is 35.0 Å². The number of nitrogens with one attached hydrogen (secondary N) is 4. The standard InChI is InChI=1S/C28H29FN6O2/c1-35-15-9-8-14-23(35)24(18-10-4-2-5-11-18)31-28(37)30-20-16-21-25(22(29)17-20)33-34-26(21)32-27(36)19-12-6-3-7-13-19/h2-7,10-13,16-17,23-24H,8-9,14-15H2,1H3,(H2,30,31,37)(H2,32,33,34,36). The number of fused-ring (bicyclic) bond motifs is 1. The quantitative estimate of drug-likeness (QED) is 0.288. The lowest BCUT2D eigenvalue weighted by Crippen LogP contribution is -2.48. The summed E-state index contributed by atoms with van der Waals surface area (Å²) >= 11 is 0. The Balaban J connectivity index is 1.36. The predicted octanol–water partition coefficient (Wildman–Crippen LogP) is 5.30. The Morgan fingerprint density at radius 1 is 1.03 bits per heavy atom. The highest BCUT2D eigenvalue weighted by atomic mass is 19.1. The molecule has 37 heavy (non-hydrogen) atoms. The van der Waals surface area contributed by atoms with Crippen LogP contribution in [0, 0.1) is 5.82 Å². The number of likely N-dealkylation sites (tertiary alicyclic amines) is 1. The number of amides is 3. The summed E-state index contributed by atoms with van der Waals surface area (Å²) in [5.41, 5.74) is 1.86. The molecule has 1 fully saturated rings. The van der Waals surface area contributed by atoms with E-state index in [0.717, 1.165) is 31.4 Å². The third kappa shape index (κ3) is 5.46. The third-order valence-corrected chi connectivity index (χ3v) is 6.81. The molecular weight excluding hydrogens is 471 g/mol. The number of rotatable bonds is 6. The highest BCUT2D eigenvalue weighted by Gasteiger charge is 2.30. The summed E-state index contributed by atoms with van der Waals surface area (Å²) in [5, 5.41) is 15.6. The monoisotopic (exact) mass is 500 g/mol. The number of aromatic amines is 1. The molecule has 4 N–H and O–H groups in total. The number of carbonyl (C=O) groups excluding carboxylic acids is 2. The number of nitrogens with zero attached hydrogens (tertiary/aromatic N) is 2. The second-order valence-electron chi connectivity index (χ2n) is 9.30. The van der Waals surface area contributed by atoms with Crippen molar-refractivity contribution >= 4 is 34.3 Å². The smallest absolute Gasteiger partial charge is 0.319 e. The zero-order valence-electron chi connectivity index (χ0n) is 20.5. The lowest BCUT2D eigenvalue weighted by molar-refractivity contribution is 0.102. The number of likely N-dealkylation sites (N-methyl/N-ethyl adjacent to an activating group) is 1. The lowest BCUT2D eigenvalue weighted by atomic mass is 9.91. The number of H-pyrrole nitrogens is 1. The van der Waals surface area contributed by atoms with Gasteiger partial charge in [0.15, 0.2) is 11.6 Å². The fraction of sp³-hybridized carbons (Fsp3) is 0.250. The number of carbonyl (C=O) groups is 2. The van der Waals surface area contributed by atoms with Crippen LogP contribution in [0.1, 0.15) is 41.2 Å². The van der Waals surface area contributed by atoms with Crippen molar-refractivity contribution in [3.8, 4) is 0 Å². The molecule has 0 radical (unpaired) electrons. The number of hydrogen-bond donors (Lipinski definition) is 4. The van der Waals surface area contributed by atoms with Gasteiger partial charge < -0.3 is 20.9 Å². The van der Waals surface area contributed by atoms with Crippen molar-refractivity contribution in [2.24, 2.45) is 0 Å². The van der Waals surface area contributed by atoms with Gasteiger partial charge in [-0.15, -0.1) is 0 Å². The van der Waals surface area contributed by atoms with E-state index < -0.39 is 11.8 Å². The molecule has 4 aromatic rings. The van der Waals surface area contributed by atoms with Crippen LogP contribution in [-0.2, 0) is 0 Å². The van der Waals surface area contributed by atoms with E-state index >= 15 is 0 Å². The zero-order chi connectivity index (χ0) is 25.8. The number of hydrogen-bond acceptors (Lipinski definition) is 4. The Bertz CT molecular complexity index is 1390. The number of anilines is 2. The summed E-state index contributed by atoms with van der Waals surface area (Å²) in [5.74, 6) is -0.780. The van der Waals surface area contributed by atoms with Crippen LogP contribution in [0.3, 0.4) is 0 Å². The van der Waals surface area contributed by atoms with Crippen molar-refractivity contribution in [1.29, 1.82) is 0 Å². The number of urea groups is 1. The molecule has 2 heterocycles. The molecule has 1 aliphatic rings. The van der Waals surface area contributed by atoms with Crippen LogP contribution in [0.5, 0.6) is 0 Å². The van der Waals surface area contributed by atoms with Crippen LogP contribution >= 0.6 is 0 Å². The van der Waals surface area contributed by atoms with E-state index in [0.29, 0.717) is 10.9 Å². The van der Waals surface area contributed by atoms with Crippen LogP contribution in [0.25, 0.3) is 10.9 Å². The van der Waals surface area contributed by atoms with Crippen molar-refractivity contribution in [1.82, 2.24) is 20.4 Å². The first kappa shape index (κ1) is 24.5. The van der Waals surface area contributed by atoms with Crippen molar-refractivity contribution in [3.05, 3.63) is 89.7 Å². The normalized spacial score (nSPS) is 16.8. The fourth-order valence-electron chi connectivity index (χ4n) is 4.91. The van der Waals surface area contributed by atoms with Crippen LogP contribution in [0.2, 0.25) is 0 Å². The lowest BCUT2D eigenvalue weighted by Gasteiger charge is -2.38. The van der Waals surface area contributed by atoms with Gasteiger partial charge in [0.25, 0.3) is 5.91 Å². The average molecular weight is 501 g/mol. The minimum absolute atomic E-state index is 0.139. The summed E-state index contributed by atoms with van der Waals surface area (Å²) in [4.78, 5) is 28.0. The largest absolute Gasteiger partial charge is 0.329 e. The van der Waals surface area contributed by atoms with E-state index in [2.05, 4.69) is 38.1 Å². The van der Waals surface area contributed by atoms with E-state index in [1.165, 1.54) is 6.07 Å². The van der Waals surface area contributed by atoms with E-state index in [4.69, 9.17) is 0 Å². The first-order valence-corrected chi connectivity index (χ1v) is 12.4. The molecule has 9 heteroatoms. The Labute approximate surface area is 214 Å². The SMILES string of the molecule is CN1CCCCC1C(NC(=O)Nc1cc(F)c2[nH]nc(NC(=O)c3ccccc3)c2c1)c1ccccc1. The van der Waals surface area contributed by atoms with Gasteiger partial charge in [-0.3, -0.25) is 9.89 Å². The molecule has 8 nitrogen and oxygen atoms in total. The molecule has 0 spiro atoms. The maximum Gasteiger partial charge on any atom is 0.319 e. The molecule has 0 saturated carbocycles. The molecule has 190 valence electrons. The van der Waals surface area contributed by atoms with Crippen LogP contribution in [0.4, 0.5) is 20.7 Å². The first-order valence-electron chi connectivity index (χ1n) is 12.4. The average Bonchev–Trinajstić information content (AvgIpc) is 3.31. The second-order valence-corrected chi connectivity index (χ2v) is 9.30. The molecule has 3 amide bonds. The number of aromatic nitrogens is 2. The maximum atomic E-state index is 14.9. The fourth-order valence-corrected chi connectivity index (χ4v) is 4.91. The molecule has 0 aliphatic carbocycles. The summed E-state index contributed by atoms with van der Waals surface area (Å²) in [6.45, 7) is 0.969. The van der Waals surface area contributed by atoms with Gasteiger partial charge >= 0.3 is 6.03 Å². The Morgan fingerprint density at radius 2 is 1.76 bits per heavy atom. The Kier molecular flexibility index (Phi) is 7.14. The Morgan fingerprint density at radius 3 is 2.49 bits per heavy atom. The number of piperidine rings is 1. The molecule has 2 unspecified atom stereocenters. The predicted molar refractivity (Wildman–Crippen MR) is 142 cm³/mol. The van der Waals surface area contributed by atoms with Crippen molar-refractivity contribution < 1.29 is 14.0 Å². The minimum Gasteiger partial charge on any atom is -0.329 e. The second kappa shape index (κ2) is 10.8. The summed E-state index contributed by atoms with van der Waals surface area (Å²) in [7, 11) is 2.08. The zero-order valence-corrected chi connectivity index (χ0v) is 20.5. The molecule has 1 aliphatic heterocycles. The van der Waals surface area contributed by atoms with Crippen molar-refractivity contribution in [3.63, 3.8) is 0 Å². The van der Waals surface area contributed by atoms with E-state index in [1.807, 2.05) is 36.4 Å². The van der Waals surface area contributed by atoms with Gasteiger partial charge in [-0.05, 0) is 56.3 Å². The van der Waals surface area contributed by atoms with Gasteiger partial charge in [0.2, 0.25) is 0 Å². The first-order chi connectivity index (χ1) is 18.0. The molecule has 2 atom stereocenters. The molecule has 1 saturated heterocycles. The molecule has 3 aromatic carbocycles. The van der Waals surface area contributed by atoms with Gasteiger partial charge in [-0.1, -0.05) is 55.0 Å². The summed E-state index contributed by atoms with van der Waals surface area (Å²) in [6, 6.07) is 20.8. The van der Waals surface area contributed by atoms with Crippen LogP contribution < -0.4 is 16.0 Å². The Hall–Kier alpha value is -4.24. The van der Waals surface area contributed by atoms with Gasteiger partial charge in [0.1, 0.15) is 5.52 Å². The molecule has 1 aromatic heterocycles. The summed E-state index contributed by atoms with van der Waals surface area (Å²) in [6.07, 6.45) is 3.20. The number of halogens is 1. The highest BCUT2D eigenvalue weighted by Crippen LogP contribution is 2.29. The van der Waals surface area contributed by atoms with Crippen molar-refractivity contribution in [2.75, 3.05) is 24.2 Å². The number of benzene rings is 3. The van der Waals surface area contributed by atoms with Crippen LogP contribution in [-0.4, -0.2) is 46.7 Å². The van der Waals surface area contributed by atoms with Crippen LogP contribution in [0.15, 0.2) is 72.8 Å². The molecular formula is C28H29FN6O2. The van der Waals surface area contributed by atoms with Gasteiger partial charge in [0.05, 0.1) is 6.04 Å². The van der Waals surface area contributed by atoms with Gasteiger partial charge in [-0.25, -0.2) is 9.18 Å². The minimum atomic E-state index is -0.591. The topological polar surface area (TPSA) is 102 Å².